The predicted octanol–water partition coefficient (Wildman–Crippen LogP) is 6.84. The lowest BCUT2D eigenvalue weighted by Gasteiger charge is -2.37. The Morgan fingerprint density at radius 1 is 1.14 bits per heavy atom. The fourth-order valence-electron chi connectivity index (χ4n) is 4.14. The zero-order chi connectivity index (χ0) is 27.1. The van der Waals surface area contributed by atoms with Crippen molar-refractivity contribution in [3.8, 4) is 23.8 Å². The maximum absolute atomic E-state index is 6.38. The highest BCUT2D eigenvalue weighted by Gasteiger charge is 2.37. The average Bonchev–Trinajstić information content (AvgIpc) is 3.22. The Balaban J connectivity index is 1.50. The van der Waals surface area contributed by atoms with Gasteiger partial charge in [-0.2, -0.15) is 0 Å². The second kappa shape index (κ2) is 13.2. The third kappa shape index (κ3) is 8.80. The van der Waals surface area contributed by atoms with Gasteiger partial charge in [-0.15, -0.1) is 6.42 Å². The van der Waals surface area contributed by atoms with Crippen LogP contribution in [0.4, 0.5) is 0 Å². The summed E-state index contributed by atoms with van der Waals surface area (Å²) < 4.78 is 30.7. The van der Waals surface area contributed by atoms with Gasteiger partial charge < -0.3 is 23.1 Å². The number of rotatable bonds is 12. The van der Waals surface area contributed by atoms with Crippen LogP contribution >= 0.6 is 0 Å². The Kier molecular flexibility index (Phi) is 10.6. The van der Waals surface area contributed by atoms with Crippen molar-refractivity contribution >= 4 is 8.32 Å². The van der Waals surface area contributed by atoms with Crippen LogP contribution < -0.4 is 0 Å². The maximum atomic E-state index is 6.38. The summed E-state index contributed by atoms with van der Waals surface area (Å²) in [6.07, 6.45) is 9.49. The lowest BCUT2D eigenvalue weighted by Crippen LogP contribution is -2.44. The number of benzene rings is 1. The van der Waals surface area contributed by atoms with Crippen LogP contribution in [0.15, 0.2) is 28.7 Å². The first-order chi connectivity index (χ1) is 17.5. The van der Waals surface area contributed by atoms with E-state index in [4.69, 9.17) is 34.5 Å². The molecule has 0 spiro atoms. The first-order valence-electron chi connectivity index (χ1n) is 13.4. The van der Waals surface area contributed by atoms with Crippen molar-refractivity contribution in [2.24, 2.45) is 0 Å². The van der Waals surface area contributed by atoms with E-state index >= 15 is 0 Å². The molecule has 37 heavy (non-hydrogen) atoms. The normalized spacial score (nSPS) is 19.5. The number of nitrogens with zero attached hydrogens (tertiary/aromatic N) is 1. The van der Waals surface area contributed by atoms with Gasteiger partial charge in [-0.1, -0.05) is 44.4 Å². The third-order valence-corrected chi connectivity index (χ3v) is 12.0. The molecule has 6 nitrogen and oxygen atoms in total. The van der Waals surface area contributed by atoms with E-state index in [1.807, 2.05) is 19.1 Å². The van der Waals surface area contributed by atoms with E-state index in [1.54, 1.807) is 0 Å². The highest BCUT2D eigenvalue weighted by Crippen LogP contribution is 2.36. The molecule has 204 valence electrons. The van der Waals surface area contributed by atoms with E-state index in [0.717, 1.165) is 42.7 Å². The minimum Gasteiger partial charge on any atom is -0.441 e. The van der Waals surface area contributed by atoms with Gasteiger partial charge in [-0.05, 0) is 69.8 Å². The van der Waals surface area contributed by atoms with Crippen LogP contribution in [0.3, 0.4) is 0 Å². The van der Waals surface area contributed by atoms with E-state index in [1.165, 1.54) is 5.56 Å². The fourth-order valence-corrected chi connectivity index (χ4v) is 5.17. The molecule has 1 aromatic carbocycles. The first kappa shape index (κ1) is 29.6. The topological polar surface area (TPSA) is 63.0 Å². The molecule has 2 aromatic rings. The summed E-state index contributed by atoms with van der Waals surface area (Å²) in [5.74, 6) is 4.01. The number of terminal acetylenes is 1. The largest absolute Gasteiger partial charge is 0.441 e. The minimum absolute atomic E-state index is 0.129. The minimum atomic E-state index is -1.88. The summed E-state index contributed by atoms with van der Waals surface area (Å²) in [5.41, 5.74) is 3.02. The maximum Gasteiger partial charge on any atom is 0.226 e. The van der Waals surface area contributed by atoms with Gasteiger partial charge in [0.05, 0.1) is 32.0 Å². The summed E-state index contributed by atoms with van der Waals surface area (Å²) in [6.45, 7) is 16.9. The monoisotopic (exact) mass is 527 g/mol. The highest BCUT2D eigenvalue weighted by molar-refractivity contribution is 6.74. The molecule has 0 amide bonds. The SMILES string of the molecule is C#CCOC(COC1CCCC(OCc2nc(-c3cccc(C)c3)oc2C)C1)CO[Si](C)(C)C(C)(C)C. The molecule has 7 heteroatoms. The molecule has 0 aliphatic heterocycles. The lowest BCUT2D eigenvalue weighted by molar-refractivity contribution is -0.0871. The van der Waals surface area contributed by atoms with E-state index in [-0.39, 0.29) is 30.0 Å². The Morgan fingerprint density at radius 2 is 1.86 bits per heavy atom. The summed E-state index contributed by atoms with van der Waals surface area (Å²) >= 11 is 0. The lowest BCUT2D eigenvalue weighted by atomic mass is 9.95. The molecule has 3 unspecified atom stereocenters. The molecular weight excluding hydrogens is 482 g/mol. The van der Waals surface area contributed by atoms with Crippen LogP contribution in [-0.2, 0) is 25.2 Å². The van der Waals surface area contributed by atoms with Crippen molar-refractivity contribution in [2.75, 3.05) is 19.8 Å². The van der Waals surface area contributed by atoms with E-state index in [2.05, 4.69) is 58.8 Å². The predicted molar refractivity (Wildman–Crippen MR) is 150 cm³/mol. The molecule has 0 bridgehead atoms. The van der Waals surface area contributed by atoms with Gasteiger partial charge in [0.15, 0.2) is 8.32 Å². The summed E-state index contributed by atoms with van der Waals surface area (Å²) in [6, 6.07) is 8.18. The van der Waals surface area contributed by atoms with Crippen LogP contribution in [0.2, 0.25) is 18.1 Å². The first-order valence-corrected chi connectivity index (χ1v) is 16.3. The Bertz CT molecular complexity index is 1040. The molecule has 1 fully saturated rings. The summed E-state index contributed by atoms with van der Waals surface area (Å²) in [5, 5.41) is 0.140. The van der Waals surface area contributed by atoms with Crippen LogP contribution in [-0.4, -0.2) is 51.4 Å². The van der Waals surface area contributed by atoms with E-state index in [0.29, 0.717) is 25.7 Å². The highest BCUT2D eigenvalue weighted by atomic mass is 28.4. The van der Waals surface area contributed by atoms with Gasteiger partial charge in [0.25, 0.3) is 0 Å². The van der Waals surface area contributed by atoms with Crippen molar-refractivity contribution in [1.82, 2.24) is 4.98 Å². The van der Waals surface area contributed by atoms with Crippen molar-refractivity contribution in [3.05, 3.63) is 41.3 Å². The molecule has 3 atom stereocenters. The van der Waals surface area contributed by atoms with Crippen molar-refractivity contribution in [3.63, 3.8) is 0 Å². The molecule has 0 radical (unpaired) electrons. The van der Waals surface area contributed by atoms with Gasteiger partial charge in [0.2, 0.25) is 5.89 Å². The van der Waals surface area contributed by atoms with Crippen molar-refractivity contribution in [1.29, 1.82) is 0 Å². The molecule has 0 N–H and O–H groups in total. The number of hydrogen-bond acceptors (Lipinski definition) is 6. The third-order valence-electron chi connectivity index (χ3n) is 7.55. The number of hydrogen-bond donors (Lipinski definition) is 0. The van der Waals surface area contributed by atoms with Crippen molar-refractivity contribution < 1.29 is 23.1 Å². The molecule has 1 aliphatic rings. The van der Waals surface area contributed by atoms with Gasteiger partial charge >= 0.3 is 0 Å². The Morgan fingerprint density at radius 3 is 2.54 bits per heavy atom. The van der Waals surface area contributed by atoms with Gasteiger partial charge in [-0.3, -0.25) is 0 Å². The number of ether oxygens (including phenoxy) is 3. The van der Waals surface area contributed by atoms with Crippen LogP contribution in [0, 0.1) is 26.2 Å². The fraction of sp³-hybridized carbons (Fsp3) is 0.633. The zero-order valence-corrected chi connectivity index (χ0v) is 24.8. The molecule has 1 saturated carbocycles. The quantitative estimate of drug-likeness (QED) is 0.222. The molecular formula is C30H45NO5Si. The van der Waals surface area contributed by atoms with Gasteiger partial charge in [0.1, 0.15) is 24.2 Å². The molecule has 3 rings (SSSR count). The Hall–Kier alpha value is -1.95. The van der Waals surface area contributed by atoms with E-state index < -0.39 is 8.32 Å². The smallest absolute Gasteiger partial charge is 0.226 e. The van der Waals surface area contributed by atoms with Crippen molar-refractivity contribution in [2.45, 2.75) is 103 Å². The van der Waals surface area contributed by atoms with Crippen LogP contribution in [0.25, 0.3) is 11.5 Å². The second-order valence-electron chi connectivity index (χ2n) is 11.7. The zero-order valence-electron chi connectivity index (χ0n) is 23.8. The molecule has 1 heterocycles. The molecule has 0 saturated heterocycles. The van der Waals surface area contributed by atoms with E-state index in [9.17, 15) is 0 Å². The van der Waals surface area contributed by atoms with Crippen LogP contribution in [0.5, 0.6) is 0 Å². The summed E-state index contributed by atoms with van der Waals surface area (Å²) in [7, 11) is -1.88. The average molecular weight is 528 g/mol. The summed E-state index contributed by atoms with van der Waals surface area (Å²) in [4.78, 5) is 4.70. The number of aryl methyl sites for hydroxylation is 2. The standard InChI is InChI=1S/C30H45NO5Si/c1-9-16-32-27(20-35-37(7,8)30(4,5)6)19-33-25-14-11-15-26(18-25)34-21-28-23(3)36-29(31-28)24-13-10-12-22(2)17-24/h1,10,12-13,17,25-27H,11,14-16,18-21H2,2-8H3. The van der Waals surface area contributed by atoms with Crippen LogP contribution in [0.1, 0.15) is 63.5 Å². The number of oxazole rings is 1. The Labute approximate surface area is 224 Å². The van der Waals surface area contributed by atoms with Gasteiger partial charge in [0, 0.05) is 5.56 Å². The second-order valence-corrected chi connectivity index (χ2v) is 16.5. The molecule has 1 aliphatic carbocycles. The number of aromatic nitrogens is 1. The molecule has 1 aromatic heterocycles. The van der Waals surface area contributed by atoms with Gasteiger partial charge in [-0.25, -0.2) is 4.98 Å².